The molecule has 2 atom stereocenters. The van der Waals surface area contributed by atoms with Gasteiger partial charge in [-0.2, -0.15) is 0 Å². The van der Waals surface area contributed by atoms with Gasteiger partial charge in [0.15, 0.2) is 5.69 Å². The molecule has 2 aliphatic rings. The lowest BCUT2D eigenvalue weighted by molar-refractivity contribution is -0.0248. The Morgan fingerprint density at radius 2 is 1.79 bits per heavy atom. The Labute approximate surface area is 165 Å². The van der Waals surface area contributed by atoms with Gasteiger partial charge in [0.2, 0.25) is 0 Å². The predicted octanol–water partition coefficient (Wildman–Crippen LogP) is 5.26. The first-order chi connectivity index (χ1) is 13.7. The molecule has 2 fully saturated rings. The van der Waals surface area contributed by atoms with Gasteiger partial charge < -0.3 is 14.4 Å². The van der Waals surface area contributed by atoms with E-state index in [0.29, 0.717) is 18.3 Å². The van der Waals surface area contributed by atoms with Crippen LogP contribution in [0.25, 0.3) is 4.85 Å². The molecule has 1 aliphatic heterocycles. The number of hydrogen-bond donors (Lipinski definition) is 0. The molecule has 0 bridgehead atoms. The minimum atomic E-state index is -0.298. The van der Waals surface area contributed by atoms with Gasteiger partial charge in [-0.25, -0.2) is 9.64 Å². The highest BCUT2D eigenvalue weighted by Crippen LogP contribution is 2.36. The average molecular weight is 376 g/mol. The van der Waals surface area contributed by atoms with Crippen molar-refractivity contribution in [1.82, 2.24) is 4.90 Å². The van der Waals surface area contributed by atoms with Crippen LogP contribution in [0, 0.1) is 6.57 Å². The van der Waals surface area contributed by atoms with Gasteiger partial charge in [-0.05, 0) is 36.8 Å². The molecule has 0 spiro atoms. The first-order valence-electron chi connectivity index (χ1n) is 9.83. The fraction of sp³-hybridized carbons (Fsp3) is 0.391. The molecule has 0 N–H and O–H groups in total. The second-order valence-electron chi connectivity index (χ2n) is 7.43. The molecular formula is C23H24N2O3. The fourth-order valence-electron chi connectivity index (χ4n) is 3.64. The van der Waals surface area contributed by atoms with Crippen LogP contribution in [0.15, 0.2) is 54.6 Å². The molecule has 4 rings (SSSR count). The van der Waals surface area contributed by atoms with Crippen molar-refractivity contribution >= 4 is 11.8 Å². The number of piperidine rings is 1. The molecule has 144 valence electrons. The van der Waals surface area contributed by atoms with E-state index in [-0.39, 0.29) is 24.8 Å². The number of nitrogens with zero attached hydrogens (tertiary/aromatic N) is 2. The number of amides is 1. The molecule has 1 aliphatic carbocycles. The number of ether oxygens (including phenoxy) is 2. The third-order valence-electron chi connectivity index (χ3n) is 5.31. The van der Waals surface area contributed by atoms with Crippen LogP contribution in [0.5, 0.6) is 0 Å². The van der Waals surface area contributed by atoms with Crippen molar-refractivity contribution < 1.29 is 14.3 Å². The van der Waals surface area contributed by atoms with Crippen LogP contribution in [0.4, 0.5) is 10.5 Å². The average Bonchev–Trinajstić information content (AvgIpc) is 3.57. The smallest absolute Gasteiger partial charge is 0.410 e. The van der Waals surface area contributed by atoms with E-state index in [2.05, 4.69) is 4.85 Å². The Hall–Kier alpha value is -2.84. The van der Waals surface area contributed by atoms with Crippen molar-refractivity contribution in [3.8, 4) is 0 Å². The zero-order chi connectivity index (χ0) is 19.3. The highest BCUT2D eigenvalue weighted by Gasteiger charge is 2.36. The van der Waals surface area contributed by atoms with Crippen LogP contribution in [0.2, 0.25) is 0 Å². The van der Waals surface area contributed by atoms with Crippen LogP contribution in [-0.4, -0.2) is 29.7 Å². The van der Waals surface area contributed by atoms with Gasteiger partial charge in [-0.3, -0.25) is 0 Å². The molecule has 0 aromatic heterocycles. The number of likely N-dealkylation sites (tertiary alicyclic amines) is 1. The van der Waals surface area contributed by atoms with E-state index in [9.17, 15) is 4.79 Å². The van der Waals surface area contributed by atoms with Gasteiger partial charge >= 0.3 is 6.09 Å². The maximum absolute atomic E-state index is 12.8. The molecule has 1 amide bonds. The van der Waals surface area contributed by atoms with E-state index in [4.69, 9.17) is 16.0 Å². The van der Waals surface area contributed by atoms with E-state index in [0.717, 1.165) is 36.8 Å². The van der Waals surface area contributed by atoms with E-state index in [1.807, 2.05) is 47.4 Å². The van der Waals surface area contributed by atoms with Crippen LogP contribution < -0.4 is 0 Å². The zero-order valence-electron chi connectivity index (χ0n) is 15.8. The van der Waals surface area contributed by atoms with Crippen molar-refractivity contribution in [2.75, 3.05) is 6.54 Å². The molecule has 5 heteroatoms. The van der Waals surface area contributed by atoms with Gasteiger partial charge in [0.1, 0.15) is 6.61 Å². The molecule has 5 nitrogen and oxygen atoms in total. The second kappa shape index (κ2) is 8.45. The molecular weight excluding hydrogens is 352 g/mol. The lowest BCUT2D eigenvalue weighted by atomic mass is 9.93. The highest BCUT2D eigenvalue weighted by molar-refractivity contribution is 5.68. The molecule has 0 unspecified atom stereocenters. The van der Waals surface area contributed by atoms with E-state index < -0.39 is 0 Å². The quantitative estimate of drug-likeness (QED) is 0.669. The summed E-state index contributed by atoms with van der Waals surface area (Å²) in [6.45, 7) is 8.02. The van der Waals surface area contributed by atoms with Gasteiger partial charge in [0.25, 0.3) is 0 Å². The largest absolute Gasteiger partial charge is 0.445 e. The first kappa shape index (κ1) is 18.5. The molecule has 0 radical (unpaired) electrons. The summed E-state index contributed by atoms with van der Waals surface area (Å²) < 4.78 is 11.7. The standard InChI is InChI=1S/C23H24N2O3/c1-24-19-9-7-18(8-10-19)22-15-21(28-20-11-12-20)13-14-25(22)23(26)27-16-17-5-3-2-4-6-17/h2-10,20-22H,11-16H2/t21-,22-/m0/s1. The number of carbonyl (C=O) groups excluding carboxylic acids is 1. The van der Waals surface area contributed by atoms with Crippen molar-refractivity contribution in [3.05, 3.63) is 77.1 Å². The topological polar surface area (TPSA) is 43.1 Å². The summed E-state index contributed by atoms with van der Waals surface area (Å²) in [5, 5.41) is 0. The molecule has 2 aromatic rings. The monoisotopic (exact) mass is 376 g/mol. The SMILES string of the molecule is [C-]#[N+]c1ccc([C@@H]2C[C@@H](OC3CC3)CCN2C(=O)OCc2ccccc2)cc1. The maximum Gasteiger partial charge on any atom is 0.410 e. The number of benzene rings is 2. The molecule has 1 saturated carbocycles. The summed E-state index contributed by atoms with van der Waals surface area (Å²) in [7, 11) is 0. The third kappa shape index (κ3) is 4.52. The Bertz CT molecular complexity index is 840. The van der Waals surface area contributed by atoms with Gasteiger partial charge in [-0.15, -0.1) is 0 Å². The normalized spacial score (nSPS) is 21.8. The molecule has 28 heavy (non-hydrogen) atoms. The third-order valence-corrected chi connectivity index (χ3v) is 5.31. The Morgan fingerprint density at radius 3 is 2.46 bits per heavy atom. The van der Waals surface area contributed by atoms with Gasteiger partial charge in [-0.1, -0.05) is 54.6 Å². The van der Waals surface area contributed by atoms with Crippen LogP contribution >= 0.6 is 0 Å². The van der Waals surface area contributed by atoms with Gasteiger partial charge in [0.05, 0.1) is 24.8 Å². The summed E-state index contributed by atoms with van der Waals surface area (Å²) in [6.07, 6.45) is 4.13. The van der Waals surface area contributed by atoms with E-state index >= 15 is 0 Å². The Balaban J connectivity index is 1.47. The van der Waals surface area contributed by atoms with Crippen molar-refractivity contribution in [1.29, 1.82) is 0 Å². The van der Waals surface area contributed by atoms with E-state index in [1.54, 1.807) is 12.1 Å². The number of hydrogen-bond acceptors (Lipinski definition) is 3. The summed E-state index contributed by atoms with van der Waals surface area (Å²) in [4.78, 5) is 18.1. The van der Waals surface area contributed by atoms with Crippen LogP contribution in [0.1, 0.15) is 42.9 Å². The van der Waals surface area contributed by atoms with Crippen molar-refractivity contribution in [3.63, 3.8) is 0 Å². The summed E-state index contributed by atoms with van der Waals surface area (Å²) in [6, 6.07) is 17.1. The highest BCUT2D eigenvalue weighted by atomic mass is 16.6. The zero-order valence-corrected chi connectivity index (χ0v) is 15.8. The molecule has 1 heterocycles. The van der Waals surface area contributed by atoms with Crippen molar-refractivity contribution in [2.45, 2.75) is 50.5 Å². The lowest BCUT2D eigenvalue weighted by Crippen LogP contribution is -2.43. The van der Waals surface area contributed by atoms with Crippen LogP contribution in [0.3, 0.4) is 0 Å². The predicted molar refractivity (Wildman–Crippen MR) is 106 cm³/mol. The number of carbonyl (C=O) groups is 1. The first-order valence-corrected chi connectivity index (χ1v) is 9.83. The fourth-order valence-corrected chi connectivity index (χ4v) is 3.64. The summed E-state index contributed by atoms with van der Waals surface area (Å²) in [5.41, 5.74) is 2.59. The number of rotatable bonds is 5. The van der Waals surface area contributed by atoms with Crippen molar-refractivity contribution in [2.24, 2.45) is 0 Å². The lowest BCUT2D eigenvalue weighted by Gasteiger charge is -2.39. The van der Waals surface area contributed by atoms with Crippen LogP contribution in [-0.2, 0) is 16.1 Å². The second-order valence-corrected chi connectivity index (χ2v) is 7.43. The van der Waals surface area contributed by atoms with Gasteiger partial charge in [0, 0.05) is 6.54 Å². The van der Waals surface area contributed by atoms with E-state index in [1.165, 1.54) is 0 Å². The summed E-state index contributed by atoms with van der Waals surface area (Å²) >= 11 is 0. The Morgan fingerprint density at radius 1 is 1.04 bits per heavy atom. The molecule has 2 aromatic carbocycles. The molecule has 1 saturated heterocycles. The maximum atomic E-state index is 12.8. The Kier molecular flexibility index (Phi) is 5.59. The summed E-state index contributed by atoms with van der Waals surface area (Å²) in [5.74, 6) is 0. The minimum Gasteiger partial charge on any atom is -0.445 e. The minimum absolute atomic E-state index is 0.0967.